The van der Waals surface area contributed by atoms with Crippen LogP contribution in [0.3, 0.4) is 0 Å². The van der Waals surface area contributed by atoms with Crippen LogP contribution >= 0.6 is 0 Å². The largest absolute Gasteiger partial charge is 0.330 e. The average Bonchev–Trinajstić information content (AvgIpc) is 2.62. The Morgan fingerprint density at radius 3 is 2.05 bits per heavy atom. The van der Waals surface area contributed by atoms with Crippen LogP contribution in [0, 0.1) is 0 Å². The maximum Gasteiger partial charge on any atom is 0.00998 e. The van der Waals surface area contributed by atoms with E-state index in [9.17, 15) is 0 Å². The number of hydrogen-bond acceptors (Lipinski definition) is 2. The lowest BCUT2D eigenvalue weighted by Gasteiger charge is -2.41. The van der Waals surface area contributed by atoms with Crippen LogP contribution in [-0.4, -0.2) is 31.1 Å². The lowest BCUT2D eigenvalue weighted by Crippen LogP contribution is -2.47. The van der Waals surface area contributed by atoms with Gasteiger partial charge >= 0.3 is 0 Å². The first kappa shape index (κ1) is 15.3. The van der Waals surface area contributed by atoms with Gasteiger partial charge < -0.3 is 10.6 Å². The van der Waals surface area contributed by atoms with Gasteiger partial charge in [0.25, 0.3) is 0 Å². The zero-order valence-corrected chi connectivity index (χ0v) is 13.2. The third kappa shape index (κ3) is 3.40. The van der Waals surface area contributed by atoms with Gasteiger partial charge in [-0.05, 0) is 43.5 Å². The number of rotatable bonds is 5. The Hall–Kier alpha value is -1.64. The van der Waals surface area contributed by atoms with Crippen molar-refractivity contribution in [3.05, 3.63) is 71.8 Å². The second-order valence-corrected chi connectivity index (χ2v) is 6.43. The third-order valence-electron chi connectivity index (χ3n) is 5.15. The summed E-state index contributed by atoms with van der Waals surface area (Å²) in [5.41, 5.74) is 9.20. The molecule has 0 spiro atoms. The second-order valence-electron chi connectivity index (χ2n) is 6.43. The molecule has 2 aromatic carbocycles. The van der Waals surface area contributed by atoms with E-state index >= 15 is 0 Å². The van der Waals surface area contributed by atoms with Crippen LogP contribution in [0.15, 0.2) is 60.7 Å². The Labute approximate surface area is 134 Å². The van der Waals surface area contributed by atoms with Crippen molar-refractivity contribution in [1.82, 2.24) is 4.90 Å². The van der Waals surface area contributed by atoms with Gasteiger partial charge in [0.15, 0.2) is 0 Å². The molecule has 0 unspecified atom stereocenters. The third-order valence-corrected chi connectivity index (χ3v) is 5.15. The van der Waals surface area contributed by atoms with Crippen LogP contribution in [-0.2, 0) is 11.8 Å². The van der Waals surface area contributed by atoms with Gasteiger partial charge in [-0.15, -0.1) is 0 Å². The highest BCUT2D eigenvalue weighted by Crippen LogP contribution is 2.34. The van der Waals surface area contributed by atoms with Crippen molar-refractivity contribution in [3.63, 3.8) is 0 Å². The topological polar surface area (TPSA) is 29.3 Å². The fourth-order valence-electron chi connectivity index (χ4n) is 3.54. The molecule has 1 aliphatic heterocycles. The van der Waals surface area contributed by atoms with Crippen LogP contribution in [0.1, 0.15) is 24.0 Å². The fraction of sp³-hybridized carbons (Fsp3) is 0.400. The Morgan fingerprint density at radius 1 is 0.864 bits per heavy atom. The van der Waals surface area contributed by atoms with Gasteiger partial charge in [-0.2, -0.15) is 0 Å². The predicted molar refractivity (Wildman–Crippen MR) is 93.0 cm³/mol. The molecule has 0 saturated carbocycles. The molecular weight excluding hydrogens is 268 g/mol. The molecule has 3 rings (SSSR count). The summed E-state index contributed by atoms with van der Waals surface area (Å²) in [6.45, 7) is 4.21. The van der Waals surface area contributed by atoms with Crippen LogP contribution < -0.4 is 5.73 Å². The molecule has 2 heteroatoms. The van der Waals surface area contributed by atoms with E-state index < -0.39 is 0 Å². The number of nitrogens with two attached hydrogens (primary N) is 1. The molecule has 1 saturated heterocycles. The van der Waals surface area contributed by atoms with Gasteiger partial charge in [0.05, 0.1) is 0 Å². The van der Waals surface area contributed by atoms with E-state index in [1.165, 1.54) is 24.0 Å². The highest BCUT2D eigenvalue weighted by atomic mass is 15.1. The molecule has 22 heavy (non-hydrogen) atoms. The molecule has 2 N–H and O–H groups in total. The van der Waals surface area contributed by atoms with E-state index in [1.807, 2.05) is 0 Å². The van der Waals surface area contributed by atoms with E-state index in [1.54, 1.807) is 0 Å². The van der Waals surface area contributed by atoms with Gasteiger partial charge in [-0.1, -0.05) is 60.7 Å². The van der Waals surface area contributed by atoms with Crippen molar-refractivity contribution in [2.45, 2.75) is 24.7 Å². The SMILES string of the molecule is NCC1(c2ccccc2)CCN(CCc2ccccc2)CC1. The highest BCUT2D eigenvalue weighted by molar-refractivity contribution is 5.27. The van der Waals surface area contributed by atoms with Crippen LogP contribution in [0.2, 0.25) is 0 Å². The first-order valence-corrected chi connectivity index (χ1v) is 8.34. The van der Waals surface area contributed by atoms with Crippen LogP contribution in [0.25, 0.3) is 0 Å². The minimum absolute atomic E-state index is 0.185. The molecule has 1 aliphatic rings. The van der Waals surface area contributed by atoms with Crippen molar-refractivity contribution >= 4 is 0 Å². The Morgan fingerprint density at radius 2 is 1.45 bits per heavy atom. The normalized spacial score (nSPS) is 18.2. The molecule has 2 aromatic rings. The second kappa shape index (κ2) is 7.08. The summed E-state index contributed by atoms with van der Waals surface area (Å²) in [4.78, 5) is 2.59. The summed E-state index contributed by atoms with van der Waals surface area (Å²) in [5, 5.41) is 0. The highest BCUT2D eigenvalue weighted by Gasteiger charge is 2.34. The number of likely N-dealkylation sites (tertiary alicyclic amines) is 1. The smallest absolute Gasteiger partial charge is 0.00998 e. The Balaban J connectivity index is 1.57. The first-order chi connectivity index (χ1) is 10.8. The first-order valence-electron chi connectivity index (χ1n) is 8.34. The van der Waals surface area contributed by atoms with Crippen molar-refractivity contribution in [3.8, 4) is 0 Å². The monoisotopic (exact) mass is 294 g/mol. The summed E-state index contributed by atoms with van der Waals surface area (Å²) in [6, 6.07) is 21.6. The van der Waals surface area contributed by atoms with Gasteiger partial charge in [0.2, 0.25) is 0 Å². The van der Waals surface area contributed by atoms with E-state index in [4.69, 9.17) is 5.73 Å². The Kier molecular flexibility index (Phi) is 4.91. The standard InChI is InChI=1S/C20H26N2/c21-17-20(19-9-5-2-6-10-19)12-15-22(16-13-20)14-11-18-7-3-1-4-8-18/h1-10H,11-17,21H2. The van der Waals surface area contributed by atoms with Crippen molar-refractivity contribution in [1.29, 1.82) is 0 Å². The maximum absolute atomic E-state index is 6.16. The molecule has 2 nitrogen and oxygen atoms in total. The van der Waals surface area contributed by atoms with Crippen LogP contribution in [0.4, 0.5) is 0 Å². The lowest BCUT2D eigenvalue weighted by molar-refractivity contribution is 0.164. The quantitative estimate of drug-likeness (QED) is 0.917. The van der Waals surface area contributed by atoms with Gasteiger partial charge in [-0.25, -0.2) is 0 Å². The summed E-state index contributed by atoms with van der Waals surface area (Å²) in [6.07, 6.45) is 3.48. The molecule has 0 aliphatic carbocycles. The number of nitrogens with zero attached hydrogens (tertiary/aromatic N) is 1. The van der Waals surface area contributed by atoms with Crippen molar-refractivity contribution < 1.29 is 0 Å². The molecule has 0 bridgehead atoms. The van der Waals surface area contributed by atoms with E-state index in [-0.39, 0.29) is 5.41 Å². The minimum Gasteiger partial charge on any atom is -0.330 e. The minimum atomic E-state index is 0.185. The summed E-state index contributed by atoms with van der Waals surface area (Å²) in [5.74, 6) is 0. The number of hydrogen-bond donors (Lipinski definition) is 1. The molecule has 1 fully saturated rings. The zero-order chi connectivity index (χ0) is 15.3. The molecule has 0 atom stereocenters. The van der Waals surface area contributed by atoms with Crippen LogP contribution in [0.5, 0.6) is 0 Å². The summed E-state index contributed by atoms with van der Waals surface area (Å²) in [7, 11) is 0. The molecule has 0 amide bonds. The van der Waals surface area contributed by atoms with Gasteiger partial charge in [0, 0.05) is 18.5 Å². The fourth-order valence-corrected chi connectivity index (χ4v) is 3.54. The predicted octanol–water partition coefficient (Wildman–Crippen LogP) is 3.22. The van der Waals surface area contributed by atoms with Gasteiger partial charge in [0.1, 0.15) is 0 Å². The van der Waals surface area contributed by atoms with E-state index in [0.717, 1.165) is 32.6 Å². The van der Waals surface area contributed by atoms with E-state index in [0.29, 0.717) is 0 Å². The molecule has 1 heterocycles. The number of benzene rings is 2. The zero-order valence-electron chi connectivity index (χ0n) is 13.2. The molecular formula is C20H26N2. The lowest BCUT2D eigenvalue weighted by atomic mass is 9.73. The molecule has 0 aromatic heterocycles. The maximum atomic E-state index is 6.16. The molecule has 0 radical (unpaired) electrons. The summed E-state index contributed by atoms with van der Waals surface area (Å²) >= 11 is 0. The average molecular weight is 294 g/mol. The molecule has 116 valence electrons. The van der Waals surface area contributed by atoms with Crippen molar-refractivity contribution in [2.75, 3.05) is 26.2 Å². The summed E-state index contributed by atoms with van der Waals surface area (Å²) < 4.78 is 0. The Bertz CT molecular complexity index is 557. The van der Waals surface area contributed by atoms with E-state index in [2.05, 4.69) is 65.6 Å². The van der Waals surface area contributed by atoms with Crippen molar-refractivity contribution in [2.24, 2.45) is 5.73 Å². The number of piperidine rings is 1. The van der Waals surface area contributed by atoms with Gasteiger partial charge in [-0.3, -0.25) is 0 Å².